The summed E-state index contributed by atoms with van der Waals surface area (Å²) in [6.45, 7) is 13.3. The number of benzene rings is 2. The molecular formula is C29H37ClFN5O. The van der Waals surface area contributed by atoms with E-state index in [-0.39, 0.29) is 11.7 Å². The van der Waals surface area contributed by atoms with Crippen LogP contribution in [0.2, 0.25) is 5.02 Å². The van der Waals surface area contributed by atoms with Crippen LogP contribution in [-0.2, 0) is 13.0 Å². The normalized spacial score (nSPS) is 14.4. The molecule has 0 unspecified atom stereocenters. The van der Waals surface area contributed by atoms with E-state index < -0.39 is 0 Å². The van der Waals surface area contributed by atoms with E-state index in [0.29, 0.717) is 29.7 Å². The fraction of sp³-hybridized carbons (Fsp3) is 0.448. The number of piperazine rings is 1. The molecular weight excluding hydrogens is 489 g/mol. The van der Waals surface area contributed by atoms with E-state index in [1.165, 1.54) is 12.1 Å². The van der Waals surface area contributed by atoms with E-state index in [1.807, 2.05) is 9.58 Å². The van der Waals surface area contributed by atoms with Crippen LogP contribution in [0, 0.1) is 5.82 Å². The Morgan fingerprint density at radius 3 is 2.24 bits per heavy atom. The van der Waals surface area contributed by atoms with Crippen molar-refractivity contribution in [1.82, 2.24) is 19.6 Å². The summed E-state index contributed by atoms with van der Waals surface area (Å²) in [6.07, 6.45) is 1.58. The Balaban J connectivity index is 1.75. The molecule has 0 saturated carbocycles. The Hall–Kier alpha value is -2.90. The molecule has 4 rings (SSSR count). The van der Waals surface area contributed by atoms with Crippen molar-refractivity contribution in [1.29, 1.82) is 0 Å². The summed E-state index contributed by atoms with van der Waals surface area (Å²) in [7, 11) is 0. The number of hydrogen-bond donors (Lipinski definition) is 0. The van der Waals surface area contributed by atoms with Crippen molar-refractivity contribution in [3.05, 3.63) is 76.2 Å². The first-order valence-corrected chi connectivity index (χ1v) is 13.6. The molecule has 1 fully saturated rings. The largest absolute Gasteiger partial charge is 0.354 e. The Morgan fingerprint density at radius 1 is 1.03 bits per heavy atom. The zero-order valence-electron chi connectivity index (χ0n) is 22.3. The van der Waals surface area contributed by atoms with Gasteiger partial charge in [-0.25, -0.2) is 9.07 Å². The third-order valence-electron chi connectivity index (χ3n) is 7.01. The molecule has 0 aliphatic carbocycles. The lowest BCUT2D eigenvalue weighted by Crippen LogP contribution is -2.49. The number of carbonyl (C=O) groups excluding carboxylic acids is 1. The molecule has 0 spiro atoms. The second-order valence-corrected chi connectivity index (χ2v) is 10.3. The highest BCUT2D eigenvalue weighted by atomic mass is 35.5. The minimum absolute atomic E-state index is 0.0225. The molecule has 0 N–H and O–H groups in total. The zero-order valence-corrected chi connectivity index (χ0v) is 23.0. The Bertz CT molecular complexity index is 1180. The van der Waals surface area contributed by atoms with Crippen LogP contribution in [0.25, 0.3) is 5.69 Å². The van der Waals surface area contributed by atoms with E-state index in [1.54, 1.807) is 36.4 Å². The number of halogens is 2. The van der Waals surface area contributed by atoms with E-state index in [2.05, 4.69) is 37.5 Å². The number of carbonyl (C=O) groups is 1. The van der Waals surface area contributed by atoms with E-state index >= 15 is 0 Å². The first-order chi connectivity index (χ1) is 17.8. The summed E-state index contributed by atoms with van der Waals surface area (Å²) >= 11 is 6.07. The quantitative estimate of drug-likeness (QED) is 0.353. The molecule has 1 amide bonds. The van der Waals surface area contributed by atoms with Gasteiger partial charge < -0.3 is 9.80 Å². The van der Waals surface area contributed by atoms with Gasteiger partial charge in [0.15, 0.2) is 0 Å². The number of rotatable bonds is 9. The molecule has 198 valence electrons. The van der Waals surface area contributed by atoms with E-state index in [9.17, 15) is 9.18 Å². The van der Waals surface area contributed by atoms with Gasteiger partial charge in [0.1, 0.15) is 11.6 Å². The van der Waals surface area contributed by atoms with Gasteiger partial charge >= 0.3 is 0 Å². The first kappa shape index (κ1) is 27.1. The minimum Gasteiger partial charge on any atom is -0.354 e. The van der Waals surface area contributed by atoms with Gasteiger partial charge in [0.25, 0.3) is 5.91 Å². The standard InChI is InChI=1S/C29H37ClFN5O/c1-5-15-35(29(37)22-7-9-23(30)10-8-22)20-26-27(6-2)32-36(25-13-11-24(31)12-14-25)28(26)34-18-16-33(17-19-34)21(3)4/h7-14,21H,5-6,15-20H2,1-4H3. The molecule has 6 nitrogen and oxygen atoms in total. The summed E-state index contributed by atoms with van der Waals surface area (Å²) < 4.78 is 15.7. The van der Waals surface area contributed by atoms with Gasteiger partial charge in [-0.15, -0.1) is 0 Å². The molecule has 1 aliphatic rings. The van der Waals surface area contributed by atoms with Crippen molar-refractivity contribution in [2.45, 2.75) is 53.1 Å². The van der Waals surface area contributed by atoms with Crippen molar-refractivity contribution in [3.63, 3.8) is 0 Å². The molecule has 1 aromatic heterocycles. The molecule has 0 atom stereocenters. The van der Waals surface area contributed by atoms with Crippen LogP contribution in [0.15, 0.2) is 48.5 Å². The number of amides is 1. The fourth-order valence-electron chi connectivity index (χ4n) is 4.96. The molecule has 37 heavy (non-hydrogen) atoms. The van der Waals surface area contributed by atoms with Crippen LogP contribution >= 0.6 is 11.6 Å². The third kappa shape index (κ3) is 6.16. The third-order valence-corrected chi connectivity index (χ3v) is 7.26. The summed E-state index contributed by atoms with van der Waals surface area (Å²) in [5.74, 6) is 0.698. The summed E-state index contributed by atoms with van der Waals surface area (Å²) in [5, 5.41) is 5.60. The van der Waals surface area contributed by atoms with Crippen LogP contribution in [0.4, 0.5) is 10.2 Å². The lowest BCUT2D eigenvalue weighted by molar-refractivity contribution is 0.0743. The smallest absolute Gasteiger partial charge is 0.254 e. The highest BCUT2D eigenvalue weighted by Gasteiger charge is 2.29. The number of aryl methyl sites for hydroxylation is 1. The summed E-state index contributed by atoms with van der Waals surface area (Å²) in [6, 6.07) is 14.0. The molecule has 2 aromatic carbocycles. The maximum absolute atomic E-state index is 13.8. The van der Waals surface area contributed by atoms with Crippen LogP contribution in [0.1, 0.15) is 55.7 Å². The monoisotopic (exact) mass is 525 g/mol. The average Bonchev–Trinajstić information content (AvgIpc) is 3.27. The Kier molecular flexibility index (Phi) is 8.87. The average molecular weight is 526 g/mol. The van der Waals surface area contributed by atoms with Gasteiger partial charge in [-0.05, 0) is 75.2 Å². The van der Waals surface area contributed by atoms with Crippen molar-refractivity contribution >= 4 is 23.3 Å². The summed E-state index contributed by atoms with van der Waals surface area (Å²) in [4.78, 5) is 20.3. The molecule has 0 radical (unpaired) electrons. The first-order valence-electron chi connectivity index (χ1n) is 13.2. The molecule has 0 bridgehead atoms. The molecule has 1 saturated heterocycles. The highest BCUT2D eigenvalue weighted by molar-refractivity contribution is 6.30. The van der Waals surface area contributed by atoms with Crippen molar-refractivity contribution < 1.29 is 9.18 Å². The lowest BCUT2D eigenvalue weighted by Gasteiger charge is -2.38. The van der Waals surface area contributed by atoms with Gasteiger partial charge in [0, 0.05) is 54.9 Å². The number of aromatic nitrogens is 2. The van der Waals surface area contributed by atoms with Crippen LogP contribution < -0.4 is 4.90 Å². The number of nitrogens with zero attached hydrogens (tertiary/aromatic N) is 5. The highest BCUT2D eigenvalue weighted by Crippen LogP contribution is 2.31. The Labute approximate surface area is 224 Å². The van der Waals surface area contributed by atoms with E-state index in [4.69, 9.17) is 16.7 Å². The summed E-state index contributed by atoms with van der Waals surface area (Å²) in [5.41, 5.74) is 3.44. The van der Waals surface area contributed by atoms with Gasteiger partial charge in [0.2, 0.25) is 0 Å². The van der Waals surface area contributed by atoms with Gasteiger partial charge in [-0.3, -0.25) is 9.69 Å². The molecule has 1 aliphatic heterocycles. The maximum Gasteiger partial charge on any atom is 0.254 e. The van der Waals surface area contributed by atoms with Crippen molar-refractivity contribution in [2.75, 3.05) is 37.6 Å². The minimum atomic E-state index is -0.276. The van der Waals surface area contributed by atoms with Gasteiger partial charge in [0.05, 0.1) is 17.9 Å². The van der Waals surface area contributed by atoms with Crippen LogP contribution in [0.3, 0.4) is 0 Å². The van der Waals surface area contributed by atoms with Gasteiger partial charge in [-0.2, -0.15) is 5.10 Å². The van der Waals surface area contributed by atoms with Crippen molar-refractivity contribution in [2.24, 2.45) is 0 Å². The van der Waals surface area contributed by atoms with Gasteiger partial charge in [-0.1, -0.05) is 25.4 Å². The SMILES string of the molecule is CCCN(Cc1c(CC)nn(-c2ccc(F)cc2)c1N1CCN(C(C)C)CC1)C(=O)c1ccc(Cl)cc1. The van der Waals surface area contributed by atoms with E-state index in [0.717, 1.165) is 61.8 Å². The topological polar surface area (TPSA) is 44.6 Å². The zero-order chi connectivity index (χ0) is 26.5. The predicted octanol–water partition coefficient (Wildman–Crippen LogP) is 5.81. The number of anilines is 1. The van der Waals surface area contributed by atoms with Crippen molar-refractivity contribution in [3.8, 4) is 5.69 Å². The second-order valence-electron chi connectivity index (χ2n) is 9.84. The molecule has 2 heterocycles. The maximum atomic E-state index is 13.8. The Morgan fingerprint density at radius 2 is 1.68 bits per heavy atom. The van der Waals surface area contributed by atoms with Crippen LogP contribution in [-0.4, -0.2) is 64.3 Å². The molecule has 3 aromatic rings. The fourth-order valence-corrected chi connectivity index (χ4v) is 5.08. The van der Waals surface area contributed by atoms with Crippen LogP contribution in [0.5, 0.6) is 0 Å². The lowest BCUT2D eigenvalue weighted by atomic mass is 10.1. The molecule has 8 heteroatoms. The second kappa shape index (κ2) is 12.1. The number of hydrogen-bond acceptors (Lipinski definition) is 4. The predicted molar refractivity (Wildman–Crippen MR) is 148 cm³/mol.